The highest BCUT2D eigenvalue weighted by Gasteiger charge is 2.35. The van der Waals surface area contributed by atoms with Gasteiger partial charge in [-0.25, -0.2) is 22.0 Å². The number of pyridine rings is 1. The zero-order chi connectivity index (χ0) is 34.4. The van der Waals surface area contributed by atoms with E-state index in [-0.39, 0.29) is 24.1 Å². The molecule has 0 aliphatic rings. The molecule has 3 aromatic rings. The Morgan fingerprint density at radius 1 is 0.936 bits per heavy atom. The summed E-state index contributed by atoms with van der Waals surface area (Å²) in [7, 11) is -3.85. The number of ether oxygens (including phenoxy) is 1. The summed E-state index contributed by atoms with van der Waals surface area (Å²) in [5.41, 5.74) is 9.03. The molecule has 1 aromatic heterocycles. The smallest absolute Gasteiger partial charge is 0.330 e. The van der Waals surface area contributed by atoms with Crippen molar-refractivity contribution >= 4 is 21.7 Å². The molecule has 1 amide bonds. The number of sulfone groups is 1. The molecular weight excluding hydrogens is 626 g/mol. The predicted molar refractivity (Wildman–Crippen MR) is 178 cm³/mol. The van der Waals surface area contributed by atoms with Gasteiger partial charge in [0.2, 0.25) is 0 Å². The number of esters is 1. The maximum absolute atomic E-state index is 14.0. The van der Waals surface area contributed by atoms with Crippen LogP contribution in [0.4, 0.5) is 8.78 Å². The minimum absolute atomic E-state index is 0.0420. The van der Waals surface area contributed by atoms with Gasteiger partial charge in [-0.15, -0.1) is 0 Å². The van der Waals surface area contributed by atoms with Crippen molar-refractivity contribution in [2.75, 3.05) is 12.3 Å². The number of carbonyl (C=O) groups is 2. The molecule has 0 bridgehead atoms. The monoisotopic (exact) mass is 672 g/mol. The lowest BCUT2D eigenvalue weighted by Crippen LogP contribution is -2.52. The quantitative estimate of drug-likeness (QED) is 0.156. The zero-order valence-corrected chi connectivity index (χ0v) is 28.1. The summed E-state index contributed by atoms with van der Waals surface area (Å²) >= 11 is 0. The summed E-state index contributed by atoms with van der Waals surface area (Å²) in [6.45, 7) is 6.28. The average molecular weight is 673 g/mol. The lowest BCUT2D eigenvalue weighted by molar-refractivity contribution is -0.151. The van der Waals surface area contributed by atoms with Gasteiger partial charge in [-0.2, -0.15) is 0 Å². The Hall–Kier alpha value is -3.74. The largest absolute Gasteiger partial charge is 0.458 e. The van der Waals surface area contributed by atoms with Crippen molar-refractivity contribution in [1.82, 2.24) is 15.6 Å². The first-order chi connectivity index (χ1) is 22.4. The van der Waals surface area contributed by atoms with Crippen LogP contribution >= 0.6 is 0 Å². The van der Waals surface area contributed by atoms with E-state index < -0.39 is 62.5 Å². The normalized spacial score (nSPS) is 13.6. The molecule has 3 rings (SSSR count). The second-order valence-electron chi connectivity index (χ2n) is 11.7. The maximum atomic E-state index is 14.0. The fraction of sp³-hybridized carbons (Fsp3) is 0.457. The molecule has 0 aliphatic carbocycles. The minimum atomic E-state index is -3.85. The van der Waals surface area contributed by atoms with Gasteiger partial charge >= 0.3 is 5.97 Å². The van der Waals surface area contributed by atoms with E-state index in [0.29, 0.717) is 32.2 Å². The van der Waals surface area contributed by atoms with E-state index in [1.807, 2.05) is 45.0 Å². The molecule has 0 saturated carbocycles. The van der Waals surface area contributed by atoms with Crippen molar-refractivity contribution in [2.45, 2.75) is 89.3 Å². The molecule has 12 heteroatoms. The third-order valence-corrected chi connectivity index (χ3v) is 10.1. The molecule has 47 heavy (non-hydrogen) atoms. The summed E-state index contributed by atoms with van der Waals surface area (Å²) in [4.78, 5) is 30.8. The van der Waals surface area contributed by atoms with Crippen LogP contribution in [-0.2, 0) is 38.8 Å². The molecule has 9 nitrogen and oxygen atoms in total. The first kappa shape index (κ1) is 37.7. The molecule has 0 unspecified atom stereocenters. The number of hydrogen-bond donors (Lipinski definition) is 3. The van der Waals surface area contributed by atoms with E-state index in [1.54, 1.807) is 6.07 Å². The van der Waals surface area contributed by atoms with Gasteiger partial charge in [-0.3, -0.25) is 9.78 Å². The van der Waals surface area contributed by atoms with Crippen molar-refractivity contribution < 1.29 is 31.5 Å². The molecule has 0 radical (unpaired) electrons. The molecule has 2 aromatic carbocycles. The van der Waals surface area contributed by atoms with E-state index >= 15 is 0 Å². The van der Waals surface area contributed by atoms with Gasteiger partial charge < -0.3 is 21.1 Å². The Bertz CT molecular complexity index is 1530. The number of nitrogens with one attached hydrogen (secondary N) is 2. The number of aromatic nitrogens is 1. The van der Waals surface area contributed by atoms with E-state index in [0.717, 1.165) is 35.7 Å². The molecule has 1 heterocycles. The highest BCUT2D eigenvalue weighted by atomic mass is 32.2. The van der Waals surface area contributed by atoms with Crippen molar-refractivity contribution in [3.05, 3.63) is 101 Å². The van der Waals surface area contributed by atoms with E-state index in [9.17, 15) is 26.8 Å². The predicted octanol–water partition coefficient (Wildman–Crippen LogP) is 4.68. The van der Waals surface area contributed by atoms with Crippen LogP contribution in [0.15, 0.2) is 67.0 Å². The third-order valence-electron chi connectivity index (χ3n) is 7.85. The zero-order valence-electron chi connectivity index (χ0n) is 27.3. The summed E-state index contributed by atoms with van der Waals surface area (Å²) in [6, 6.07) is 11.5. The number of carbonyl (C=O) groups excluding carboxylic acids is 2. The van der Waals surface area contributed by atoms with Crippen LogP contribution in [0.5, 0.6) is 0 Å². The van der Waals surface area contributed by atoms with Crippen LogP contribution in [0.25, 0.3) is 0 Å². The Kier molecular flexibility index (Phi) is 14.9. The van der Waals surface area contributed by atoms with Crippen LogP contribution < -0.4 is 16.4 Å². The topological polar surface area (TPSA) is 140 Å². The fourth-order valence-electron chi connectivity index (χ4n) is 5.39. The van der Waals surface area contributed by atoms with Crippen LogP contribution in [0, 0.1) is 11.6 Å². The number of amides is 1. The average Bonchev–Trinajstić information content (AvgIpc) is 3.03. The summed E-state index contributed by atoms with van der Waals surface area (Å²) < 4.78 is 60.9. The molecule has 3 atom stereocenters. The molecular formula is C35H46F2N4O5S. The van der Waals surface area contributed by atoms with Crippen LogP contribution in [0.3, 0.4) is 0 Å². The maximum Gasteiger partial charge on any atom is 0.330 e. The summed E-state index contributed by atoms with van der Waals surface area (Å²) in [6.07, 6.45) is 4.63. The SMILES string of the molecule is CCCC(CCC)S(=O)(=O)C[C@H](NC(=O)c1cccnc1)C(=O)O[C@H](CNCc1cccc(CC)c1)[C@@H](N)Cc1cc(F)cc(F)c1. The molecule has 4 N–H and O–H groups in total. The Morgan fingerprint density at radius 3 is 2.23 bits per heavy atom. The van der Waals surface area contributed by atoms with Crippen LogP contribution in [0.2, 0.25) is 0 Å². The third kappa shape index (κ3) is 12.1. The number of nitrogens with two attached hydrogens (primary N) is 1. The number of aryl methyl sites for hydroxylation is 1. The summed E-state index contributed by atoms with van der Waals surface area (Å²) in [5.74, 6) is -3.89. The Labute approximate surface area is 276 Å². The Morgan fingerprint density at radius 2 is 1.62 bits per heavy atom. The molecule has 0 saturated heterocycles. The number of nitrogens with zero attached hydrogens (tertiary/aromatic N) is 1. The van der Waals surface area contributed by atoms with Gasteiger partial charge in [0.1, 0.15) is 23.8 Å². The van der Waals surface area contributed by atoms with Gasteiger partial charge in [0.25, 0.3) is 5.91 Å². The van der Waals surface area contributed by atoms with Gasteiger partial charge in [-0.1, -0.05) is 57.9 Å². The minimum Gasteiger partial charge on any atom is -0.458 e. The van der Waals surface area contributed by atoms with E-state index in [2.05, 4.69) is 15.6 Å². The second-order valence-corrected chi connectivity index (χ2v) is 14.0. The lowest BCUT2D eigenvalue weighted by atomic mass is 10.0. The highest BCUT2D eigenvalue weighted by molar-refractivity contribution is 7.92. The lowest BCUT2D eigenvalue weighted by Gasteiger charge is -2.28. The highest BCUT2D eigenvalue weighted by Crippen LogP contribution is 2.19. The first-order valence-electron chi connectivity index (χ1n) is 16.1. The van der Waals surface area contributed by atoms with Crippen molar-refractivity contribution in [2.24, 2.45) is 5.73 Å². The number of halogens is 2. The number of hydrogen-bond acceptors (Lipinski definition) is 8. The standard InChI is InChI=1S/C35H46F2N4O5S/c1-4-9-30(10-5-2)47(44,45)23-32(41-34(42)27-13-8-14-39-21-27)35(43)46-33(22-40-20-25-12-7-11-24(6-3)15-25)31(38)18-26-16-28(36)19-29(37)17-26/h7-8,11-17,19,21,30-33,40H,4-6,9-10,18,20,22-23,38H2,1-3H3,(H,41,42)/t31-,32-,33+/m0/s1. The molecule has 256 valence electrons. The van der Waals surface area contributed by atoms with Gasteiger partial charge in [0.15, 0.2) is 9.84 Å². The number of benzene rings is 2. The van der Waals surface area contributed by atoms with Gasteiger partial charge in [0, 0.05) is 37.6 Å². The van der Waals surface area contributed by atoms with E-state index in [1.165, 1.54) is 18.5 Å². The van der Waals surface area contributed by atoms with Crippen LogP contribution in [-0.4, -0.2) is 61.0 Å². The molecule has 0 spiro atoms. The van der Waals surface area contributed by atoms with Gasteiger partial charge in [0.05, 0.1) is 16.6 Å². The Balaban J connectivity index is 1.88. The second kappa shape index (κ2) is 18.6. The van der Waals surface area contributed by atoms with Crippen molar-refractivity contribution in [1.29, 1.82) is 0 Å². The molecule has 0 fully saturated rings. The van der Waals surface area contributed by atoms with Crippen LogP contribution in [0.1, 0.15) is 73.5 Å². The first-order valence-corrected chi connectivity index (χ1v) is 17.8. The van der Waals surface area contributed by atoms with Gasteiger partial charge in [-0.05, 0) is 66.6 Å². The molecule has 0 aliphatic heterocycles. The van der Waals surface area contributed by atoms with Crippen molar-refractivity contribution in [3.8, 4) is 0 Å². The van der Waals surface area contributed by atoms with E-state index in [4.69, 9.17) is 10.5 Å². The fourth-order valence-corrected chi connectivity index (χ4v) is 7.53. The number of rotatable bonds is 19. The summed E-state index contributed by atoms with van der Waals surface area (Å²) in [5, 5.41) is 5.08. The van der Waals surface area contributed by atoms with Crippen molar-refractivity contribution in [3.63, 3.8) is 0 Å².